The zero-order valence-corrected chi connectivity index (χ0v) is 11.1. The van der Waals surface area contributed by atoms with Crippen LogP contribution >= 0.6 is 0 Å². The molecule has 3 nitrogen and oxygen atoms in total. The predicted molar refractivity (Wildman–Crippen MR) is 81.1 cm³/mol. The molecule has 3 aromatic rings. The molecular weight excluding hydrogens is 248 g/mol. The van der Waals surface area contributed by atoms with Crippen LogP contribution in [0.5, 0.6) is 0 Å². The number of benzene rings is 2. The molecule has 1 N–H and O–H groups in total. The number of para-hydroxylation sites is 1. The van der Waals surface area contributed by atoms with Crippen molar-refractivity contribution in [2.75, 3.05) is 0 Å². The van der Waals surface area contributed by atoms with Gasteiger partial charge in [0, 0.05) is 18.1 Å². The molecule has 0 atom stereocenters. The van der Waals surface area contributed by atoms with Gasteiger partial charge in [-0.1, -0.05) is 54.6 Å². The second-order valence-electron chi connectivity index (χ2n) is 4.18. The molecule has 0 aliphatic carbocycles. The van der Waals surface area contributed by atoms with E-state index >= 15 is 0 Å². The van der Waals surface area contributed by atoms with Crippen molar-refractivity contribution in [2.24, 2.45) is 0 Å². The van der Waals surface area contributed by atoms with Crippen molar-refractivity contribution in [1.29, 1.82) is 0 Å². The van der Waals surface area contributed by atoms with Crippen molar-refractivity contribution >= 4 is 17.3 Å². The Hall–Kier alpha value is -2.68. The third kappa shape index (κ3) is 4.21. The Morgan fingerprint density at radius 2 is 1.60 bits per heavy atom. The third-order valence-corrected chi connectivity index (χ3v) is 2.74. The van der Waals surface area contributed by atoms with Gasteiger partial charge in [0.2, 0.25) is 6.41 Å². The summed E-state index contributed by atoms with van der Waals surface area (Å²) < 4.78 is 0. The largest absolute Gasteiger partial charge is 0.355 e. The number of hydrogen-bond donors (Lipinski definition) is 1. The molecule has 1 amide bonds. The smallest absolute Gasteiger partial charge is 0.207 e. The SMILES string of the molecule is O=CNCc1ccccc1.c1ccc2ncccc2c1. The first-order valence-corrected chi connectivity index (χ1v) is 6.41. The van der Waals surface area contributed by atoms with Gasteiger partial charge in [-0.05, 0) is 17.7 Å². The second kappa shape index (κ2) is 7.69. The Bertz CT molecular complexity index is 588. The molecule has 0 saturated carbocycles. The van der Waals surface area contributed by atoms with Gasteiger partial charge < -0.3 is 5.32 Å². The van der Waals surface area contributed by atoms with Crippen LogP contribution in [-0.4, -0.2) is 11.4 Å². The monoisotopic (exact) mass is 264 g/mol. The molecule has 0 unspecified atom stereocenters. The van der Waals surface area contributed by atoms with E-state index in [0.29, 0.717) is 13.0 Å². The summed E-state index contributed by atoms with van der Waals surface area (Å²) in [5.41, 5.74) is 2.18. The Kier molecular flexibility index (Phi) is 5.28. The van der Waals surface area contributed by atoms with Crippen LogP contribution in [0, 0.1) is 0 Å². The number of carbonyl (C=O) groups is 1. The van der Waals surface area contributed by atoms with Crippen molar-refractivity contribution in [3.05, 3.63) is 78.5 Å². The van der Waals surface area contributed by atoms with Crippen LogP contribution in [0.2, 0.25) is 0 Å². The quantitative estimate of drug-likeness (QED) is 0.738. The van der Waals surface area contributed by atoms with Crippen molar-refractivity contribution < 1.29 is 4.79 Å². The van der Waals surface area contributed by atoms with Crippen molar-refractivity contribution in [3.63, 3.8) is 0 Å². The summed E-state index contributed by atoms with van der Waals surface area (Å²) in [7, 11) is 0. The summed E-state index contributed by atoms with van der Waals surface area (Å²) >= 11 is 0. The first-order chi connectivity index (χ1) is 9.90. The molecular formula is C17H16N2O. The standard InChI is InChI=1S/C9H7N.C8H9NO/c1-2-6-9-8(4-1)5-3-7-10-9;10-7-9-6-8-4-2-1-3-5-8/h1-7H;1-5,7H,6H2,(H,9,10). The summed E-state index contributed by atoms with van der Waals surface area (Å²) in [4.78, 5) is 14.0. The highest BCUT2D eigenvalue weighted by atomic mass is 16.1. The molecule has 3 heteroatoms. The fourth-order valence-corrected chi connectivity index (χ4v) is 1.77. The molecule has 0 radical (unpaired) electrons. The fourth-order valence-electron chi connectivity index (χ4n) is 1.77. The van der Waals surface area contributed by atoms with Crippen molar-refractivity contribution in [1.82, 2.24) is 10.3 Å². The molecule has 0 spiro atoms. The summed E-state index contributed by atoms with van der Waals surface area (Å²) in [6, 6.07) is 21.9. The normalized spacial score (nSPS) is 9.40. The number of amides is 1. The zero-order valence-electron chi connectivity index (χ0n) is 11.1. The average Bonchev–Trinajstić information content (AvgIpc) is 2.55. The van der Waals surface area contributed by atoms with Gasteiger partial charge in [0.1, 0.15) is 0 Å². The van der Waals surface area contributed by atoms with E-state index in [-0.39, 0.29) is 0 Å². The first kappa shape index (κ1) is 13.7. The molecule has 1 heterocycles. The summed E-state index contributed by atoms with van der Waals surface area (Å²) in [6.45, 7) is 0.615. The van der Waals surface area contributed by atoms with Gasteiger partial charge in [0.05, 0.1) is 5.52 Å². The molecule has 3 rings (SSSR count). The van der Waals surface area contributed by atoms with E-state index in [1.54, 1.807) is 0 Å². The van der Waals surface area contributed by atoms with Gasteiger partial charge in [-0.25, -0.2) is 0 Å². The van der Waals surface area contributed by atoms with Gasteiger partial charge in [0.15, 0.2) is 0 Å². The van der Waals surface area contributed by atoms with E-state index in [2.05, 4.69) is 22.4 Å². The van der Waals surface area contributed by atoms with E-state index in [1.165, 1.54) is 5.39 Å². The Labute approximate surface area is 118 Å². The molecule has 0 aliphatic rings. The van der Waals surface area contributed by atoms with Crippen LogP contribution in [0.3, 0.4) is 0 Å². The maximum absolute atomic E-state index is 9.87. The number of fused-ring (bicyclic) bond motifs is 1. The van der Waals surface area contributed by atoms with Gasteiger partial charge in [-0.3, -0.25) is 9.78 Å². The summed E-state index contributed by atoms with van der Waals surface area (Å²) in [5.74, 6) is 0. The lowest BCUT2D eigenvalue weighted by Gasteiger charge is -1.96. The Balaban J connectivity index is 0.000000147. The number of nitrogens with zero attached hydrogens (tertiary/aromatic N) is 1. The zero-order chi connectivity index (χ0) is 14.0. The van der Waals surface area contributed by atoms with E-state index in [4.69, 9.17) is 0 Å². The van der Waals surface area contributed by atoms with Crippen molar-refractivity contribution in [3.8, 4) is 0 Å². The topological polar surface area (TPSA) is 42.0 Å². The van der Waals surface area contributed by atoms with Crippen LogP contribution in [0.1, 0.15) is 5.56 Å². The van der Waals surface area contributed by atoms with Gasteiger partial charge in [0.25, 0.3) is 0 Å². The number of pyridine rings is 1. The molecule has 0 fully saturated rings. The minimum Gasteiger partial charge on any atom is -0.355 e. The minimum atomic E-state index is 0.615. The van der Waals surface area contributed by atoms with Gasteiger partial charge in [-0.15, -0.1) is 0 Å². The maximum atomic E-state index is 9.87. The number of nitrogens with one attached hydrogen (secondary N) is 1. The highest BCUT2D eigenvalue weighted by Crippen LogP contribution is 2.07. The van der Waals surface area contributed by atoms with E-state index in [9.17, 15) is 4.79 Å². The van der Waals surface area contributed by atoms with Crippen LogP contribution in [0.4, 0.5) is 0 Å². The van der Waals surface area contributed by atoms with E-state index < -0.39 is 0 Å². The molecule has 0 aliphatic heterocycles. The molecule has 100 valence electrons. The third-order valence-electron chi connectivity index (χ3n) is 2.74. The second-order valence-corrected chi connectivity index (χ2v) is 4.18. The fraction of sp³-hybridized carbons (Fsp3) is 0.0588. The molecule has 0 saturated heterocycles. The van der Waals surface area contributed by atoms with Crippen LogP contribution in [-0.2, 0) is 11.3 Å². The molecule has 2 aromatic carbocycles. The van der Waals surface area contributed by atoms with Gasteiger partial charge >= 0.3 is 0 Å². The Morgan fingerprint density at radius 1 is 0.900 bits per heavy atom. The lowest BCUT2D eigenvalue weighted by Crippen LogP contribution is -2.09. The summed E-state index contributed by atoms with van der Waals surface area (Å²) in [5, 5.41) is 3.78. The highest BCUT2D eigenvalue weighted by Gasteiger charge is 1.87. The molecule has 0 bridgehead atoms. The van der Waals surface area contributed by atoms with Crippen LogP contribution in [0.15, 0.2) is 72.9 Å². The van der Waals surface area contributed by atoms with Crippen LogP contribution < -0.4 is 5.32 Å². The molecule has 1 aromatic heterocycles. The maximum Gasteiger partial charge on any atom is 0.207 e. The number of carbonyl (C=O) groups excluding carboxylic acids is 1. The lowest BCUT2D eigenvalue weighted by molar-refractivity contribution is -0.109. The predicted octanol–water partition coefficient (Wildman–Crippen LogP) is 3.17. The minimum absolute atomic E-state index is 0.615. The first-order valence-electron chi connectivity index (χ1n) is 6.41. The van der Waals surface area contributed by atoms with E-state index in [0.717, 1.165) is 11.1 Å². The average molecular weight is 264 g/mol. The van der Waals surface area contributed by atoms with E-state index in [1.807, 2.05) is 60.8 Å². The highest BCUT2D eigenvalue weighted by molar-refractivity contribution is 5.77. The van der Waals surface area contributed by atoms with Crippen molar-refractivity contribution in [2.45, 2.75) is 6.54 Å². The van der Waals surface area contributed by atoms with Gasteiger partial charge in [-0.2, -0.15) is 0 Å². The van der Waals surface area contributed by atoms with Crippen LogP contribution in [0.25, 0.3) is 10.9 Å². The number of aromatic nitrogens is 1. The number of hydrogen-bond acceptors (Lipinski definition) is 2. The summed E-state index contributed by atoms with van der Waals surface area (Å²) in [6.07, 6.45) is 2.51. The molecule has 20 heavy (non-hydrogen) atoms. The number of rotatable bonds is 3. The Morgan fingerprint density at radius 3 is 2.35 bits per heavy atom. The lowest BCUT2D eigenvalue weighted by atomic mass is 10.2.